The van der Waals surface area contributed by atoms with Crippen LogP contribution in [0.15, 0.2) is 48.5 Å². The molecule has 0 atom stereocenters. The summed E-state index contributed by atoms with van der Waals surface area (Å²) in [6.45, 7) is 2.30. The summed E-state index contributed by atoms with van der Waals surface area (Å²) in [5.41, 5.74) is -0.249. The lowest BCUT2D eigenvalue weighted by atomic mass is 10.1. The molecule has 128 valence electrons. The summed E-state index contributed by atoms with van der Waals surface area (Å²) in [7, 11) is 1.45. The van der Waals surface area contributed by atoms with E-state index in [9.17, 15) is 18.0 Å². The van der Waals surface area contributed by atoms with Crippen molar-refractivity contribution in [2.75, 3.05) is 20.2 Å². The van der Waals surface area contributed by atoms with Crippen molar-refractivity contribution in [3.8, 4) is 5.75 Å². The van der Waals surface area contributed by atoms with Crippen LogP contribution in [0, 0.1) is 6.92 Å². The van der Waals surface area contributed by atoms with Crippen LogP contribution in [0.25, 0.3) is 0 Å². The maximum Gasteiger partial charge on any atom is 0.417 e. The van der Waals surface area contributed by atoms with E-state index in [4.69, 9.17) is 4.74 Å². The van der Waals surface area contributed by atoms with Gasteiger partial charge in [0.05, 0.1) is 17.7 Å². The Labute approximate surface area is 138 Å². The molecule has 6 heteroatoms. The standard InChI is InChI=1S/C18H18F3NO2/c1-13-6-5-7-14(12-13)24-11-10-22(2)17(23)15-8-3-4-9-16(15)18(19,20)21/h3-9,12H,10-11H2,1-2H3. The number of ether oxygens (including phenoxy) is 1. The summed E-state index contributed by atoms with van der Waals surface area (Å²) in [4.78, 5) is 13.5. The highest BCUT2D eigenvalue weighted by Crippen LogP contribution is 2.32. The molecular formula is C18H18F3NO2. The van der Waals surface area contributed by atoms with E-state index in [1.807, 2.05) is 25.1 Å². The molecule has 3 nitrogen and oxygen atoms in total. The molecule has 1 amide bonds. The number of alkyl halides is 3. The summed E-state index contributed by atoms with van der Waals surface area (Å²) in [5.74, 6) is -0.0256. The van der Waals surface area contributed by atoms with Crippen molar-refractivity contribution in [2.45, 2.75) is 13.1 Å². The quantitative estimate of drug-likeness (QED) is 0.820. The molecule has 0 aliphatic carbocycles. The van der Waals surface area contributed by atoms with Gasteiger partial charge in [0.2, 0.25) is 0 Å². The Balaban J connectivity index is 2.00. The highest BCUT2D eigenvalue weighted by Gasteiger charge is 2.35. The van der Waals surface area contributed by atoms with Gasteiger partial charge >= 0.3 is 6.18 Å². The van der Waals surface area contributed by atoms with Gasteiger partial charge in [-0.05, 0) is 36.8 Å². The molecule has 0 aliphatic heterocycles. The summed E-state index contributed by atoms with van der Waals surface area (Å²) < 4.78 is 44.5. The number of benzene rings is 2. The maximum absolute atomic E-state index is 13.0. The van der Waals surface area contributed by atoms with Crippen molar-refractivity contribution in [3.63, 3.8) is 0 Å². The fraction of sp³-hybridized carbons (Fsp3) is 0.278. The second kappa shape index (κ2) is 7.38. The van der Waals surface area contributed by atoms with Crippen LogP contribution < -0.4 is 4.74 Å². The molecule has 0 heterocycles. The Morgan fingerprint density at radius 3 is 2.50 bits per heavy atom. The van der Waals surface area contributed by atoms with E-state index in [2.05, 4.69) is 0 Å². The highest BCUT2D eigenvalue weighted by atomic mass is 19.4. The minimum atomic E-state index is -4.56. The van der Waals surface area contributed by atoms with Crippen LogP contribution in [-0.2, 0) is 6.18 Å². The maximum atomic E-state index is 13.0. The molecule has 0 saturated carbocycles. The van der Waals surface area contributed by atoms with Gasteiger partial charge in [-0.3, -0.25) is 4.79 Å². The van der Waals surface area contributed by atoms with Gasteiger partial charge in [-0.1, -0.05) is 24.3 Å². The third-order valence-electron chi connectivity index (χ3n) is 3.49. The Bertz CT molecular complexity index is 713. The summed E-state index contributed by atoms with van der Waals surface area (Å²) in [6, 6.07) is 12.2. The zero-order valence-corrected chi connectivity index (χ0v) is 13.4. The topological polar surface area (TPSA) is 29.5 Å². The molecule has 0 spiro atoms. The van der Waals surface area contributed by atoms with Crippen molar-refractivity contribution < 1.29 is 22.7 Å². The van der Waals surface area contributed by atoms with Crippen LogP contribution in [0.5, 0.6) is 5.75 Å². The van der Waals surface area contributed by atoms with Gasteiger partial charge in [-0.15, -0.1) is 0 Å². The van der Waals surface area contributed by atoms with Gasteiger partial charge < -0.3 is 9.64 Å². The first-order valence-corrected chi connectivity index (χ1v) is 7.40. The van der Waals surface area contributed by atoms with E-state index < -0.39 is 17.6 Å². The average Bonchev–Trinajstić information content (AvgIpc) is 2.53. The largest absolute Gasteiger partial charge is 0.492 e. The SMILES string of the molecule is Cc1cccc(OCCN(C)C(=O)c2ccccc2C(F)(F)F)c1. The second-order valence-electron chi connectivity index (χ2n) is 5.44. The van der Waals surface area contributed by atoms with E-state index in [0.29, 0.717) is 5.75 Å². The van der Waals surface area contributed by atoms with Gasteiger partial charge in [0.1, 0.15) is 12.4 Å². The van der Waals surface area contributed by atoms with E-state index in [1.54, 1.807) is 6.07 Å². The minimum Gasteiger partial charge on any atom is -0.492 e. The van der Waals surface area contributed by atoms with Crippen molar-refractivity contribution in [1.29, 1.82) is 0 Å². The number of carbonyl (C=O) groups is 1. The normalized spacial score (nSPS) is 11.2. The molecule has 0 N–H and O–H groups in total. The Morgan fingerprint density at radius 1 is 1.12 bits per heavy atom. The van der Waals surface area contributed by atoms with E-state index in [-0.39, 0.29) is 18.7 Å². The molecule has 2 aromatic carbocycles. The molecule has 0 bridgehead atoms. The van der Waals surface area contributed by atoms with Crippen molar-refractivity contribution in [1.82, 2.24) is 4.90 Å². The van der Waals surface area contributed by atoms with E-state index >= 15 is 0 Å². The lowest BCUT2D eigenvalue weighted by molar-refractivity contribution is -0.138. The highest BCUT2D eigenvalue weighted by molar-refractivity contribution is 5.95. The predicted molar refractivity (Wildman–Crippen MR) is 85.1 cm³/mol. The van der Waals surface area contributed by atoms with E-state index in [0.717, 1.165) is 11.6 Å². The van der Waals surface area contributed by atoms with Crippen LogP contribution in [0.3, 0.4) is 0 Å². The fourth-order valence-corrected chi connectivity index (χ4v) is 2.23. The number of likely N-dealkylation sites (N-methyl/N-ethyl adjacent to an activating group) is 1. The number of halogens is 3. The number of nitrogens with zero attached hydrogens (tertiary/aromatic N) is 1. The van der Waals surface area contributed by atoms with Crippen LogP contribution in [0.2, 0.25) is 0 Å². The molecule has 0 aliphatic rings. The summed E-state index contributed by atoms with van der Waals surface area (Å²) in [6.07, 6.45) is -4.56. The number of carbonyl (C=O) groups excluding carboxylic acids is 1. The first-order valence-electron chi connectivity index (χ1n) is 7.40. The molecule has 24 heavy (non-hydrogen) atoms. The Morgan fingerprint density at radius 2 is 1.83 bits per heavy atom. The minimum absolute atomic E-state index is 0.180. The molecule has 0 radical (unpaired) electrons. The molecule has 0 saturated heterocycles. The van der Waals surface area contributed by atoms with Crippen LogP contribution in [-0.4, -0.2) is 31.0 Å². The Kier molecular flexibility index (Phi) is 5.49. The number of hydrogen-bond acceptors (Lipinski definition) is 2. The molecule has 2 aromatic rings. The third kappa shape index (κ3) is 4.50. The molecule has 0 unspecified atom stereocenters. The lowest BCUT2D eigenvalue weighted by Crippen LogP contribution is -2.32. The molecule has 2 rings (SSSR count). The number of aryl methyl sites for hydroxylation is 1. The average molecular weight is 337 g/mol. The number of hydrogen-bond donors (Lipinski definition) is 0. The smallest absolute Gasteiger partial charge is 0.417 e. The molecular weight excluding hydrogens is 319 g/mol. The van der Waals surface area contributed by atoms with Crippen molar-refractivity contribution in [2.24, 2.45) is 0 Å². The predicted octanol–water partition coefficient (Wildman–Crippen LogP) is 4.16. The van der Waals surface area contributed by atoms with Crippen molar-refractivity contribution in [3.05, 3.63) is 65.2 Å². The summed E-state index contributed by atoms with van der Waals surface area (Å²) in [5, 5.41) is 0. The van der Waals surface area contributed by atoms with Gasteiger partial charge in [-0.2, -0.15) is 13.2 Å². The van der Waals surface area contributed by atoms with Crippen LogP contribution in [0.4, 0.5) is 13.2 Å². The van der Waals surface area contributed by atoms with Crippen LogP contribution in [0.1, 0.15) is 21.5 Å². The summed E-state index contributed by atoms with van der Waals surface area (Å²) >= 11 is 0. The number of rotatable bonds is 5. The van der Waals surface area contributed by atoms with Gasteiger partial charge in [0.25, 0.3) is 5.91 Å². The fourth-order valence-electron chi connectivity index (χ4n) is 2.23. The molecule has 0 fully saturated rings. The zero-order valence-electron chi connectivity index (χ0n) is 13.4. The second-order valence-corrected chi connectivity index (χ2v) is 5.44. The zero-order chi connectivity index (χ0) is 17.7. The Hall–Kier alpha value is -2.50. The van der Waals surface area contributed by atoms with Crippen molar-refractivity contribution >= 4 is 5.91 Å². The molecule has 0 aromatic heterocycles. The van der Waals surface area contributed by atoms with Gasteiger partial charge in [0, 0.05) is 7.05 Å². The first kappa shape index (κ1) is 17.8. The lowest BCUT2D eigenvalue weighted by Gasteiger charge is -2.20. The number of amides is 1. The monoisotopic (exact) mass is 337 g/mol. The van der Waals surface area contributed by atoms with Gasteiger partial charge in [0.15, 0.2) is 0 Å². The van der Waals surface area contributed by atoms with E-state index in [1.165, 1.54) is 30.1 Å². The van der Waals surface area contributed by atoms with Gasteiger partial charge in [-0.25, -0.2) is 0 Å². The third-order valence-corrected chi connectivity index (χ3v) is 3.49. The van der Waals surface area contributed by atoms with Crippen LogP contribution >= 0.6 is 0 Å². The first-order chi connectivity index (χ1) is 11.3.